The first-order valence-corrected chi connectivity index (χ1v) is 9.33. The monoisotopic (exact) mass is 371 g/mol. The Morgan fingerprint density at radius 1 is 0.786 bits per heavy atom. The van der Waals surface area contributed by atoms with Crippen molar-refractivity contribution in [3.63, 3.8) is 0 Å². The predicted molar refractivity (Wildman–Crippen MR) is 110 cm³/mol. The molecule has 0 radical (unpaired) electrons. The molecule has 3 aromatic carbocycles. The van der Waals surface area contributed by atoms with Crippen LogP contribution in [0.4, 0.5) is 5.69 Å². The second-order valence-electron chi connectivity index (χ2n) is 6.91. The smallest absolute Gasteiger partial charge is 0.266 e. The molecule has 0 bridgehead atoms. The summed E-state index contributed by atoms with van der Waals surface area (Å²) in [6.07, 6.45) is 0. The summed E-state index contributed by atoms with van der Waals surface area (Å²) in [5, 5.41) is 0. The van der Waals surface area contributed by atoms with Gasteiger partial charge in [0.05, 0.1) is 23.4 Å². The predicted octanol–water partition coefficient (Wildman–Crippen LogP) is 5.17. The van der Waals surface area contributed by atoms with Crippen LogP contribution >= 0.6 is 0 Å². The van der Waals surface area contributed by atoms with E-state index < -0.39 is 0 Å². The van der Waals surface area contributed by atoms with E-state index in [0.29, 0.717) is 23.4 Å². The summed E-state index contributed by atoms with van der Waals surface area (Å²) in [6, 6.07) is 18.6. The van der Waals surface area contributed by atoms with Gasteiger partial charge in [-0.05, 0) is 79.4 Å². The van der Waals surface area contributed by atoms with Gasteiger partial charge in [-0.3, -0.25) is 9.59 Å². The van der Waals surface area contributed by atoms with Crippen molar-refractivity contribution in [2.75, 3.05) is 11.5 Å². The lowest BCUT2D eigenvalue weighted by molar-refractivity contribution is 0.0926. The zero-order valence-electron chi connectivity index (χ0n) is 16.2. The number of hydrogen-bond acceptors (Lipinski definition) is 3. The number of anilines is 1. The van der Waals surface area contributed by atoms with Gasteiger partial charge in [0.15, 0.2) is 0 Å². The number of aryl methyl sites for hydroxylation is 2. The molecule has 2 amide bonds. The summed E-state index contributed by atoms with van der Waals surface area (Å²) < 4.78 is 5.73. The molecule has 4 rings (SSSR count). The molecule has 4 nitrogen and oxygen atoms in total. The molecule has 3 aromatic rings. The zero-order chi connectivity index (χ0) is 19.8. The van der Waals surface area contributed by atoms with Crippen LogP contribution in [0.2, 0.25) is 0 Å². The minimum absolute atomic E-state index is 0.281. The summed E-state index contributed by atoms with van der Waals surface area (Å²) in [5.41, 5.74) is 5.57. The highest BCUT2D eigenvalue weighted by molar-refractivity contribution is 6.34. The number of hydrogen-bond donors (Lipinski definition) is 0. The van der Waals surface area contributed by atoms with Gasteiger partial charge in [-0.2, -0.15) is 0 Å². The fourth-order valence-electron chi connectivity index (χ4n) is 3.74. The molecule has 28 heavy (non-hydrogen) atoms. The summed E-state index contributed by atoms with van der Waals surface area (Å²) in [4.78, 5) is 26.8. The van der Waals surface area contributed by atoms with Crippen LogP contribution in [0.15, 0.2) is 60.7 Å². The van der Waals surface area contributed by atoms with Gasteiger partial charge in [0, 0.05) is 0 Å². The number of carbonyl (C=O) groups is 2. The highest BCUT2D eigenvalue weighted by Crippen LogP contribution is 2.34. The van der Waals surface area contributed by atoms with E-state index >= 15 is 0 Å². The molecule has 1 aliphatic heterocycles. The van der Waals surface area contributed by atoms with Crippen LogP contribution in [0.25, 0.3) is 11.1 Å². The average molecular weight is 371 g/mol. The van der Waals surface area contributed by atoms with Crippen LogP contribution in [0.3, 0.4) is 0 Å². The van der Waals surface area contributed by atoms with Gasteiger partial charge in [0.2, 0.25) is 0 Å². The van der Waals surface area contributed by atoms with E-state index in [1.54, 1.807) is 30.3 Å². The molecule has 0 N–H and O–H groups in total. The fraction of sp³-hybridized carbons (Fsp3) is 0.167. The van der Waals surface area contributed by atoms with Crippen molar-refractivity contribution in [3.8, 4) is 16.9 Å². The van der Waals surface area contributed by atoms with Gasteiger partial charge in [-0.25, -0.2) is 4.90 Å². The summed E-state index contributed by atoms with van der Waals surface area (Å²) in [7, 11) is 0. The first-order valence-electron chi connectivity index (χ1n) is 9.33. The third-order valence-corrected chi connectivity index (χ3v) is 4.98. The minimum Gasteiger partial charge on any atom is -0.493 e. The van der Waals surface area contributed by atoms with Crippen molar-refractivity contribution >= 4 is 17.5 Å². The molecular formula is C24H21NO3. The van der Waals surface area contributed by atoms with E-state index in [4.69, 9.17) is 4.74 Å². The van der Waals surface area contributed by atoms with Crippen molar-refractivity contribution in [1.82, 2.24) is 0 Å². The van der Waals surface area contributed by atoms with Crippen LogP contribution in [0.1, 0.15) is 38.8 Å². The topological polar surface area (TPSA) is 46.6 Å². The normalized spacial score (nSPS) is 13.0. The Morgan fingerprint density at radius 3 is 1.96 bits per heavy atom. The second kappa shape index (κ2) is 6.97. The number of nitrogens with zero attached hydrogens (tertiary/aromatic N) is 1. The maximum Gasteiger partial charge on any atom is 0.266 e. The van der Waals surface area contributed by atoms with Crippen molar-refractivity contribution in [3.05, 3.63) is 82.9 Å². The van der Waals surface area contributed by atoms with Gasteiger partial charge < -0.3 is 4.74 Å². The molecule has 0 unspecified atom stereocenters. The molecule has 0 aliphatic carbocycles. The van der Waals surface area contributed by atoms with Crippen molar-refractivity contribution in [2.45, 2.75) is 20.8 Å². The number of carbonyl (C=O) groups excluding carboxylic acids is 2. The Labute approximate surface area is 164 Å². The summed E-state index contributed by atoms with van der Waals surface area (Å²) >= 11 is 0. The molecule has 0 fully saturated rings. The van der Waals surface area contributed by atoms with Crippen molar-refractivity contribution < 1.29 is 14.3 Å². The highest BCUT2D eigenvalue weighted by atomic mass is 16.5. The zero-order valence-corrected chi connectivity index (χ0v) is 16.2. The molecule has 0 saturated carbocycles. The lowest BCUT2D eigenvalue weighted by atomic mass is 9.99. The average Bonchev–Trinajstić information content (AvgIpc) is 2.95. The van der Waals surface area contributed by atoms with Gasteiger partial charge >= 0.3 is 0 Å². The highest BCUT2D eigenvalue weighted by Gasteiger charge is 2.36. The number of benzene rings is 3. The maximum absolute atomic E-state index is 12.8. The number of imide groups is 1. The molecule has 0 atom stereocenters. The molecule has 140 valence electrons. The van der Waals surface area contributed by atoms with Gasteiger partial charge in [0.1, 0.15) is 5.75 Å². The summed E-state index contributed by atoms with van der Waals surface area (Å²) in [6.45, 7) is 6.64. The van der Waals surface area contributed by atoms with Crippen LogP contribution in [-0.4, -0.2) is 18.4 Å². The van der Waals surface area contributed by atoms with Crippen molar-refractivity contribution in [2.24, 2.45) is 0 Å². The molecular weight excluding hydrogens is 350 g/mol. The van der Waals surface area contributed by atoms with E-state index in [-0.39, 0.29) is 11.8 Å². The van der Waals surface area contributed by atoms with E-state index in [9.17, 15) is 9.59 Å². The van der Waals surface area contributed by atoms with Gasteiger partial charge in [-0.15, -0.1) is 0 Å². The second-order valence-corrected chi connectivity index (χ2v) is 6.91. The number of fused-ring (bicyclic) bond motifs is 1. The number of rotatable bonds is 4. The van der Waals surface area contributed by atoms with Crippen LogP contribution in [-0.2, 0) is 0 Å². The third-order valence-electron chi connectivity index (χ3n) is 4.98. The number of amides is 2. The Morgan fingerprint density at radius 2 is 1.39 bits per heavy atom. The van der Waals surface area contributed by atoms with Crippen molar-refractivity contribution in [1.29, 1.82) is 0 Å². The molecule has 4 heteroatoms. The standard InChI is InChI=1S/C24H21NO3/c1-4-28-22-15(2)12-18(13-16(22)3)17-8-7-9-19(14-17)25-23(26)20-10-5-6-11-21(20)24(25)27/h5-14H,4H2,1-3H3. The molecule has 0 spiro atoms. The van der Waals surface area contributed by atoms with E-state index in [2.05, 4.69) is 12.1 Å². The Kier molecular flexibility index (Phi) is 4.47. The molecule has 1 heterocycles. The first-order chi connectivity index (χ1) is 13.5. The van der Waals surface area contributed by atoms with Gasteiger partial charge in [-0.1, -0.05) is 24.3 Å². The minimum atomic E-state index is -0.281. The first kappa shape index (κ1) is 18.0. The van der Waals surface area contributed by atoms with E-state index in [1.165, 1.54) is 4.90 Å². The molecule has 0 aromatic heterocycles. The lowest BCUT2D eigenvalue weighted by Gasteiger charge is -2.16. The van der Waals surface area contributed by atoms with Crippen LogP contribution in [0, 0.1) is 13.8 Å². The molecule has 0 saturated heterocycles. The fourth-order valence-corrected chi connectivity index (χ4v) is 3.74. The van der Waals surface area contributed by atoms with Gasteiger partial charge in [0.25, 0.3) is 11.8 Å². The summed E-state index contributed by atoms with van der Waals surface area (Å²) in [5.74, 6) is 0.344. The maximum atomic E-state index is 12.8. The van der Waals surface area contributed by atoms with Crippen LogP contribution < -0.4 is 9.64 Å². The Hall–Kier alpha value is -3.40. The number of ether oxygens (including phenoxy) is 1. The lowest BCUT2D eigenvalue weighted by Crippen LogP contribution is -2.29. The van der Waals surface area contributed by atoms with E-state index in [0.717, 1.165) is 28.0 Å². The Bertz CT molecular complexity index is 1040. The molecule has 1 aliphatic rings. The third kappa shape index (κ3) is 2.87. The van der Waals surface area contributed by atoms with E-state index in [1.807, 2.05) is 39.0 Å². The SMILES string of the molecule is CCOc1c(C)cc(-c2cccc(N3C(=O)c4ccccc4C3=O)c2)cc1C. The largest absolute Gasteiger partial charge is 0.493 e. The quantitative estimate of drug-likeness (QED) is 0.595. The Balaban J connectivity index is 1.74. The van der Waals surface area contributed by atoms with Crippen LogP contribution in [0.5, 0.6) is 5.75 Å².